The Morgan fingerprint density at radius 3 is 2.12 bits per heavy atom. The predicted octanol–water partition coefficient (Wildman–Crippen LogP) is 1.49. The molecular formula is C10H16N2O3S. The van der Waals surface area contributed by atoms with Gasteiger partial charge in [0.25, 0.3) is 0 Å². The zero-order valence-electron chi connectivity index (χ0n) is 9.80. The van der Waals surface area contributed by atoms with Gasteiger partial charge in [0.1, 0.15) is 11.4 Å². The highest BCUT2D eigenvalue weighted by molar-refractivity contribution is 7.91. The summed E-state index contributed by atoms with van der Waals surface area (Å²) in [6, 6.07) is 1.16. The molecule has 0 bridgehead atoms. The van der Waals surface area contributed by atoms with Gasteiger partial charge in [0.05, 0.1) is 5.25 Å². The van der Waals surface area contributed by atoms with Crippen LogP contribution < -0.4 is 0 Å². The zero-order chi connectivity index (χ0) is 12.5. The molecule has 1 heterocycles. The van der Waals surface area contributed by atoms with Gasteiger partial charge in [-0.2, -0.15) is 5.10 Å². The normalized spacial score (nSPS) is 12.4. The highest BCUT2D eigenvalue weighted by Crippen LogP contribution is 2.25. The van der Waals surface area contributed by atoms with E-state index < -0.39 is 15.1 Å². The Kier molecular flexibility index (Phi) is 3.52. The fourth-order valence-electron chi connectivity index (χ4n) is 1.17. The van der Waals surface area contributed by atoms with Crippen molar-refractivity contribution < 1.29 is 13.5 Å². The van der Waals surface area contributed by atoms with Crippen molar-refractivity contribution in [2.75, 3.05) is 0 Å². The smallest absolute Gasteiger partial charge is 0.199 e. The maximum Gasteiger partial charge on any atom is 0.199 e. The topological polar surface area (TPSA) is 80.2 Å². The van der Waals surface area contributed by atoms with Crippen LogP contribution in [0.3, 0.4) is 0 Å². The Labute approximate surface area is 95.4 Å². The van der Waals surface area contributed by atoms with Gasteiger partial charge in [0, 0.05) is 12.0 Å². The second-order valence-electron chi connectivity index (χ2n) is 4.20. The van der Waals surface area contributed by atoms with Crippen molar-refractivity contribution in [3.8, 4) is 5.75 Å². The summed E-state index contributed by atoms with van der Waals surface area (Å²) in [7, 11) is -3.48. The van der Waals surface area contributed by atoms with Gasteiger partial charge in [0.2, 0.25) is 0 Å². The highest BCUT2D eigenvalue weighted by atomic mass is 32.2. The molecule has 1 N–H and O–H groups in total. The molecule has 0 amide bonds. The molecule has 0 fully saturated rings. The number of sulfone groups is 1. The Morgan fingerprint density at radius 2 is 1.75 bits per heavy atom. The third-order valence-corrected chi connectivity index (χ3v) is 4.26. The van der Waals surface area contributed by atoms with Crippen LogP contribution in [-0.2, 0) is 9.84 Å². The quantitative estimate of drug-likeness (QED) is 0.871. The number of aromatic hydroxyl groups is 1. The fraction of sp³-hybridized carbons (Fsp3) is 0.600. The lowest BCUT2D eigenvalue weighted by atomic mass is 10.1. The molecule has 0 aliphatic rings. The van der Waals surface area contributed by atoms with Gasteiger partial charge in [-0.1, -0.05) is 13.8 Å². The summed E-state index contributed by atoms with van der Waals surface area (Å²) in [5.41, 5.74) is 0.405. The number of hydrogen-bond donors (Lipinski definition) is 1. The van der Waals surface area contributed by atoms with E-state index in [2.05, 4.69) is 10.2 Å². The summed E-state index contributed by atoms with van der Waals surface area (Å²) in [4.78, 5) is 0. The fourth-order valence-corrected chi connectivity index (χ4v) is 2.08. The van der Waals surface area contributed by atoms with Crippen LogP contribution in [0, 0.1) is 0 Å². The van der Waals surface area contributed by atoms with Gasteiger partial charge < -0.3 is 5.11 Å². The minimum atomic E-state index is -3.48. The first-order valence-electron chi connectivity index (χ1n) is 5.07. The average Bonchev–Trinajstić information content (AvgIpc) is 2.16. The first kappa shape index (κ1) is 12.9. The van der Waals surface area contributed by atoms with Crippen molar-refractivity contribution in [2.24, 2.45) is 0 Å². The van der Waals surface area contributed by atoms with Crippen LogP contribution in [0.1, 0.15) is 39.3 Å². The van der Waals surface area contributed by atoms with E-state index in [0.29, 0.717) is 5.69 Å². The first-order valence-corrected chi connectivity index (χ1v) is 6.62. The lowest BCUT2D eigenvalue weighted by Gasteiger charge is -2.09. The van der Waals surface area contributed by atoms with Gasteiger partial charge in [0.15, 0.2) is 14.9 Å². The standard InChI is InChI=1S/C10H16N2O3S/c1-6(2)10-8(13)5-9(11-12-10)16(14,15)7(3)4/h5-7H,1-4H3,(H,11,13). The molecule has 5 nitrogen and oxygen atoms in total. The zero-order valence-corrected chi connectivity index (χ0v) is 10.6. The van der Waals surface area contributed by atoms with Crippen LogP contribution in [0.15, 0.2) is 11.1 Å². The van der Waals surface area contributed by atoms with E-state index in [0.717, 1.165) is 6.07 Å². The minimum absolute atomic E-state index is 0.00306. The Balaban J connectivity index is 3.27. The van der Waals surface area contributed by atoms with E-state index >= 15 is 0 Å². The molecule has 6 heteroatoms. The number of hydrogen-bond acceptors (Lipinski definition) is 5. The molecule has 1 aromatic heterocycles. The van der Waals surface area contributed by atoms with Crippen molar-refractivity contribution in [2.45, 2.75) is 43.9 Å². The second kappa shape index (κ2) is 4.37. The third-order valence-electron chi connectivity index (χ3n) is 2.24. The molecule has 0 aliphatic heterocycles. The minimum Gasteiger partial charge on any atom is -0.506 e. The summed E-state index contributed by atoms with van der Waals surface area (Å²) in [6.07, 6.45) is 0. The Bertz CT molecular complexity index is 481. The van der Waals surface area contributed by atoms with Crippen LogP contribution in [0.4, 0.5) is 0 Å². The first-order chi connectivity index (χ1) is 7.26. The monoisotopic (exact) mass is 244 g/mol. The molecular weight excluding hydrogens is 228 g/mol. The van der Waals surface area contributed by atoms with Crippen molar-refractivity contribution in [3.05, 3.63) is 11.8 Å². The van der Waals surface area contributed by atoms with Gasteiger partial charge in [-0.3, -0.25) is 0 Å². The molecule has 0 radical (unpaired) electrons. The second-order valence-corrected chi connectivity index (χ2v) is 6.65. The molecule has 1 rings (SSSR count). The SMILES string of the molecule is CC(C)c1nnc(S(=O)(=O)C(C)C)cc1O. The van der Waals surface area contributed by atoms with Gasteiger partial charge >= 0.3 is 0 Å². The highest BCUT2D eigenvalue weighted by Gasteiger charge is 2.23. The molecule has 90 valence electrons. The molecule has 0 aliphatic carbocycles. The van der Waals surface area contributed by atoms with Crippen LogP contribution >= 0.6 is 0 Å². The van der Waals surface area contributed by atoms with E-state index in [1.807, 2.05) is 13.8 Å². The van der Waals surface area contributed by atoms with Gasteiger partial charge in [-0.25, -0.2) is 8.42 Å². The van der Waals surface area contributed by atoms with Crippen LogP contribution in [-0.4, -0.2) is 29.0 Å². The van der Waals surface area contributed by atoms with Crippen molar-refractivity contribution >= 4 is 9.84 Å². The van der Waals surface area contributed by atoms with E-state index in [1.165, 1.54) is 0 Å². The summed E-state index contributed by atoms with van der Waals surface area (Å²) in [5, 5.41) is 16.3. The molecule has 0 spiro atoms. The molecule has 0 aromatic carbocycles. The third kappa shape index (κ3) is 2.32. The summed E-state index contributed by atoms with van der Waals surface area (Å²) in [6.45, 7) is 6.82. The van der Waals surface area contributed by atoms with Crippen molar-refractivity contribution in [1.29, 1.82) is 0 Å². The van der Waals surface area contributed by atoms with Gasteiger partial charge in [-0.15, -0.1) is 5.10 Å². The largest absolute Gasteiger partial charge is 0.506 e. The molecule has 16 heavy (non-hydrogen) atoms. The molecule has 1 aromatic rings. The summed E-state index contributed by atoms with van der Waals surface area (Å²) < 4.78 is 23.5. The lowest BCUT2D eigenvalue weighted by molar-refractivity contribution is 0.451. The van der Waals surface area contributed by atoms with E-state index in [-0.39, 0.29) is 16.7 Å². The van der Waals surface area contributed by atoms with Crippen molar-refractivity contribution in [3.63, 3.8) is 0 Å². The lowest BCUT2D eigenvalue weighted by Crippen LogP contribution is -2.16. The van der Waals surface area contributed by atoms with Crippen LogP contribution in [0.5, 0.6) is 5.75 Å². The number of rotatable bonds is 3. The summed E-state index contributed by atoms with van der Waals surface area (Å²) >= 11 is 0. The van der Waals surface area contributed by atoms with E-state index in [1.54, 1.807) is 13.8 Å². The molecule has 0 saturated heterocycles. The molecule has 0 unspecified atom stereocenters. The molecule has 0 saturated carbocycles. The summed E-state index contributed by atoms with van der Waals surface area (Å²) in [5.74, 6) is -0.118. The van der Waals surface area contributed by atoms with Crippen molar-refractivity contribution in [1.82, 2.24) is 10.2 Å². The molecule has 0 atom stereocenters. The maximum atomic E-state index is 11.8. The average molecular weight is 244 g/mol. The Morgan fingerprint density at radius 1 is 1.19 bits per heavy atom. The van der Waals surface area contributed by atoms with Gasteiger partial charge in [-0.05, 0) is 13.8 Å². The van der Waals surface area contributed by atoms with E-state index in [4.69, 9.17) is 0 Å². The van der Waals surface area contributed by atoms with E-state index in [9.17, 15) is 13.5 Å². The number of nitrogens with zero attached hydrogens (tertiary/aromatic N) is 2. The maximum absolute atomic E-state index is 11.8. The number of aromatic nitrogens is 2. The van der Waals surface area contributed by atoms with Crippen LogP contribution in [0.25, 0.3) is 0 Å². The predicted molar refractivity (Wildman–Crippen MR) is 60.1 cm³/mol. The Hall–Kier alpha value is -1.17. The van der Waals surface area contributed by atoms with Crippen LogP contribution in [0.2, 0.25) is 0 Å².